The molecule has 9 heteroatoms. The maximum Gasteiger partial charge on any atom is 0.301 e. The van der Waals surface area contributed by atoms with E-state index in [9.17, 15) is 10.1 Å². The monoisotopic (exact) mass is 348 g/mol. The SMILES string of the molecule is N#CC(C#N)=C(C#N)Nc1cccc(Sc2ncccc2[N+](=O)[O-])c1. The molecule has 1 aromatic carbocycles. The van der Waals surface area contributed by atoms with Crippen LogP contribution in [0.1, 0.15) is 0 Å². The fourth-order valence-corrected chi connectivity index (χ4v) is 2.69. The van der Waals surface area contributed by atoms with E-state index in [4.69, 9.17) is 15.8 Å². The minimum Gasteiger partial charge on any atom is -0.345 e. The maximum atomic E-state index is 11.0. The number of hydrogen-bond donors (Lipinski definition) is 1. The lowest BCUT2D eigenvalue weighted by Gasteiger charge is -2.07. The van der Waals surface area contributed by atoms with E-state index >= 15 is 0 Å². The Bertz CT molecular complexity index is 965. The van der Waals surface area contributed by atoms with E-state index in [2.05, 4.69) is 10.3 Å². The number of rotatable bonds is 5. The molecule has 0 aliphatic rings. The molecule has 0 saturated heterocycles. The second-order valence-corrected chi connectivity index (χ2v) is 5.49. The van der Waals surface area contributed by atoms with Crippen LogP contribution in [0.25, 0.3) is 0 Å². The minimum absolute atomic E-state index is 0.111. The maximum absolute atomic E-state index is 11.0. The summed E-state index contributed by atoms with van der Waals surface area (Å²) in [6.45, 7) is 0. The summed E-state index contributed by atoms with van der Waals surface area (Å²) < 4.78 is 0. The van der Waals surface area contributed by atoms with E-state index in [1.165, 1.54) is 18.3 Å². The van der Waals surface area contributed by atoms with Crippen LogP contribution in [0, 0.1) is 44.1 Å². The number of nitrogens with zero attached hydrogens (tertiary/aromatic N) is 5. The third-order valence-corrected chi connectivity index (χ3v) is 3.85. The molecule has 0 saturated carbocycles. The molecule has 0 amide bonds. The van der Waals surface area contributed by atoms with Gasteiger partial charge in [0.2, 0.25) is 0 Å². The summed E-state index contributed by atoms with van der Waals surface area (Å²) in [7, 11) is 0. The minimum atomic E-state index is -0.514. The van der Waals surface area contributed by atoms with Gasteiger partial charge in [0, 0.05) is 22.8 Å². The van der Waals surface area contributed by atoms with Gasteiger partial charge in [0.15, 0.2) is 10.6 Å². The van der Waals surface area contributed by atoms with Gasteiger partial charge in [0.05, 0.1) is 4.92 Å². The second-order valence-electron chi connectivity index (χ2n) is 4.43. The van der Waals surface area contributed by atoms with Gasteiger partial charge in [0.25, 0.3) is 0 Å². The average Bonchev–Trinajstić information content (AvgIpc) is 2.62. The number of nitro groups is 1. The number of aromatic nitrogens is 1. The standard InChI is InChI=1S/C16H8N6O2S/c17-8-11(9-18)14(10-19)21-12-3-1-4-13(7-12)25-16-15(22(23)24)5-2-6-20-16/h1-7,21H. The van der Waals surface area contributed by atoms with Crippen LogP contribution in [0.2, 0.25) is 0 Å². The molecule has 0 unspecified atom stereocenters. The van der Waals surface area contributed by atoms with Crippen LogP contribution in [0.3, 0.4) is 0 Å². The number of pyridine rings is 1. The predicted molar refractivity (Wildman–Crippen MR) is 88.9 cm³/mol. The van der Waals surface area contributed by atoms with Crippen molar-refractivity contribution in [3.63, 3.8) is 0 Å². The summed E-state index contributed by atoms with van der Waals surface area (Å²) in [6, 6.07) is 14.6. The van der Waals surface area contributed by atoms with E-state index in [1.54, 1.807) is 42.5 Å². The van der Waals surface area contributed by atoms with Crippen molar-refractivity contribution in [1.29, 1.82) is 15.8 Å². The predicted octanol–water partition coefficient (Wildman–Crippen LogP) is 3.38. The second kappa shape index (κ2) is 8.11. The Morgan fingerprint density at radius 3 is 2.56 bits per heavy atom. The Balaban J connectivity index is 2.31. The van der Waals surface area contributed by atoms with Gasteiger partial charge in [0.1, 0.15) is 23.9 Å². The van der Waals surface area contributed by atoms with Crippen LogP contribution >= 0.6 is 11.8 Å². The van der Waals surface area contributed by atoms with Gasteiger partial charge in [-0.25, -0.2) is 4.98 Å². The smallest absolute Gasteiger partial charge is 0.301 e. The molecule has 2 aromatic rings. The Kier molecular flexibility index (Phi) is 5.67. The highest BCUT2D eigenvalue weighted by atomic mass is 32.2. The van der Waals surface area contributed by atoms with Crippen molar-refractivity contribution >= 4 is 23.1 Å². The zero-order valence-electron chi connectivity index (χ0n) is 12.5. The Morgan fingerprint density at radius 2 is 1.92 bits per heavy atom. The fourth-order valence-electron chi connectivity index (χ4n) is 1.78. The molecule has 0 aliphatic carbocycles. The van der Waals surface area contributed by atoms with Gasteiger partial charge >= 0.3 is 5.69 Å². The van der Waals surface area contributed by atoms with E-state index in [0.29, 0.717) is 10.6 Å². The summed E-state index contributed by atoms with van der Waals surface area (Å²) in [5.41, 5.74) is -0.153. The molecule has 120 valence electrons. The molecular formula is C16H8N6O2S. The molecule has 0 radical (unpaired) electrons. The first kappa shape index (κ1) is 17.5. The number of nitriles is 3. The van der Waals surface area contributed by atoms with Crippen LogP contribution in [0.4, 0.5) is 11.4 Å². The summed E-state index contributed by atoms with van der Waals surface area (Å²) in [6.07, 6.45) is 1.46. The van der Waals surface area contributed by atoms with Crippen molar-refractivity contribution in [3.05, 3.63) is 64.0 Å². The van der Waals surface area contributed by atoms with Crippen LogP contribution in [-0.4, -0.2) is 9.91 Å². The fraction of sp³-hybridized carbons (Fsp3) is 0. The molecular weight excluding hydrogens is 340 g/mol. The number of nitrogens with one attached hydrogen (secondary N) is 1. The van der Waals surface area contributed by atoms with Crippen molar-refractivity contribution in [1.82, 2.24) is 4.98 Å². The first-order valence-electron chi connectivity index (χ1n) is 6.68. The lowest BCUT2D eigenvalue weighted by atomic mass is 10.2. The van der Waals surface area contributed by atoms with Crippen molar-refractivity contribution in [2.75, 3.05) is 5.32 Å². The van der Waals surface area contributed by atoms with Crippen molar-refractivity contribution in [2.24, 2.45) is 0 Å². The van der Waals surface area contributed by atoms with Gasteiger partial charge in [-0.3, -0.25) is 10.1 Å². The van der Waals surface area contributed by atoms with Crippen molar-refractivity contribution in [2.45, 2.75) is 9.92 Å². The van der Waals surface area contributed by atoms with E-state index in [1.807, 2.05) is 0 Å². The van der Waals surface area contributed by atoms with Gasteiger partial charge in [-0.2, -0.15) is 15.8 Å². The Morgan fingerprint density at radius 1 is 1.16 bits per heavy atom. The molecule has 0 aliphatic heterocycles. The van der Waals surface area contributed by atoms with E-state index in [-0.39, 0.29) is 22.0 Å². The van der Waals surface area contributed by atoms with Crippen LogP contribution in [0.5, 0.6) is 0 Å². The molecule has 2 rings (SSSR count). The third-order valence-electron chi connectivity index (χ3n) is 2.85. The molecule has 0 bridgehead atoms. The van der Waals surface area contributed by atoms with Crippen molar-refractivity contribution in [3.8, 4) is 18.2 Å². The van der Waals surface area contributed by atoms with E-state index < -0.39 is 4.92 Å². The van der Waals surface area contributed by atoms with Gasteiger partial charge in [-0.1, -0.05) is 17.8 Å². The van der Waals surface area contributed by atoms with Crippen molar-refractivity contribution < 1.29 is 4.92 Å². The molecule has 0 spiro atoms. The largest absolute Gasteiger partial charge is 0.345 e. The molecule has 1 N–H and O–H groups in total. The van der Waals surface area contributed by atoms with Crippen LogP contribution in [0.15, 0.2) is 63.8 Å². The van der Waals surface area contributed by atoms with Crippen LogP contribution < -0.4 is 5.32 Å². The first-order chi connectivity index (χ1) is 12.1. The normalized spacial score (nSPS) is 9.16. The van der Waals surface area contributed by atoms with Gasteiger partial charge < -0.3 is 5.32 Å². The number of hydrogen-bond acceptors (Lipinski definition) is 8. The highest BCUT2D eigenvalue weighted by Gasteiger charge is 2.15. The highest BCUT2D eigenvalue weighted by molar-refractivity contribution is 7.99. The topological polar surface area (TPSA) is 139 Å². The molecule has 1 heterocycles. The molecule has 8 nitrogen and oxygen atoms in total. The summed E-state index contributed by atoms with van der Waals surface area (Å²) in [4.78, 5) is 15.2. The molecule has 0 atom stereocenters. The zero-order chi connectivity index (χ0) is 18.2. The third kappa shape index (κ3) is 4.32. The summed E-state index contributed by atoms with van der Waals surface area (Å²) >= 11 is 1.09. The summed E-state index contributed by atoms with van der Waals surface area (Å²) in [5.74, 6) is 0. The van der Waals surface area contributed by atoms with Gasteiger partial charge in [-0.15, -0.1) is 0 Å². The zero-order valence-corrected chi connectivity index (χ0v) is 13.3. The Labute approximate surface area is 146 Å². The lowest BCUT2D eigenvalue weighted by molar-refractivity contribution is -0.388. The molecule has 0 fully saturated rings. The quantitative estimate of drug-likeness (QED) is 0.492. The Hall–Kier alpha value is -3.87. The number of anilines is 1. The number of allylic oxidation sites excluding steroid dienone is 2. The molecule has 1 aromatic heterocycles. The van der Waals surface area contributed by atoms with Gasteiger partial charge in [-0.05, 0) is 24.3 Å². The molecule has 25 heavy (non-hydrogen) atoms. The highest BCUT2D eigenvalue weighted by Crippen LogP contribution is 2.33. The lowest BCUT2D eigenvalue weighted by Crippen LogP contribution is -2.00. The summed E-state index contributed by atoms with van der Waals surface area (Å²) in [5, 5.41) is 40.7. The van der Waals surface area contributed by atoms with Crippen LogP contribution in [-0.2, 0) is 0 Å². The average molecular weight is 348 g/mol. The number of benzene rings is 1. The first-order valence-corrected chi connectivity index (χ1v) is 7.49. The van der Waals surface area contributed by atoms with E-state index in [0.717, 1.165) is 11.8 Å².